The van der Waals surface area contributed by atoms with Crippen LogP contribution in [0, 0.1) is 0 Å². The predicted molar refractivity (Wildman–Crippen MR) is 105 cm³/mol. The molecule has 5 nitrogen and oxygen atoms in total. The van der Waals surface area contributed by atoms with Crippen LogP contribution in [0.5, 0.6) is 0 Å². The van der Waals surface area contributed by atoms with Crippen LogP contribution in [0.15, 0.2) is 21.8 Å². The summed E-state index contributed by atoms with van der Waals surface area (Å²) in [7, 11) is 3.47. The lowest BCUT2D eigenvalue weighted by atomic mass is 10.1. The lowest BCUT2D eigenvalue weighted by Gasteiger charge is -2.15. The number of halogens is 1. The highest BCUT2D eigenvalue weighted by molar-refractivity contribution is 14.0. The van der Waals surface area contributed by atoms with E-state index in [0.717, 1.165) is 32.1 Å². The predicted octanol–water partition coefficient (Wildman–Crippen LogP) is 2.69. The van der Waals surface area contributed by atoms with Crippen molar-refractivity contribution in [2.75, 3.05) is 47.1 Å². The van der Waals surface area contributed by atoms with Gasteiger partial charge in [0.25, 0.3) is 0 Å². The van der Waals surface area contributed by atoms with E-state index < -0.39 is 0 Å². The summed E-state index contributed by atoms with van der Waals surface area (Å²) in [4.78, 5) is 4.22. The minimum Gasteiger partial charge on any atom is -0.382 e. The Morgan fingerprint density at radius 2 is 2.14 bits per heavy atom. The minimum absolute atomic E-state index is 0. The Hall–Kier alpha value is -0.380. The fourth-order valence-corrected chi connectivity index (χ4v) is 2.55. The number of guanidine groups is 1. The van der Waals surface area contributed by atoms with Gasteiger partial charge in [-0.2, -0.15) is 11.3 Å². The molecule has 7 heteroatoms. The van der Waals surface area contributed by atoms with Gasteiger partial charge in [-0.25, -0.2) is 0 Å². The molecule has 1 aromatic heterocycles. The fraction of sp³-hybridized carbons (Fsp3) is 0.667. The summed E-state index contributed by atoms with van der Waals surface area (Å²) in [6.07, 6.45) is 0.949. The third-order valence-electron chi connectivity index (χ3n) is 3.10. The van der Waals surface area contributed by atoms with E-state index in [1.807, 2.05) is 0 Å². The molecule has 1 heterocycles. The zero-order valence-corrected chi connectivity index (χ0v) is 16.8. The number of nitrogens with zero attached hydrogens (tertiary/aromatic N) is 1. The smallest absolute Gasteiger partial charge is 0.190 e. The lowest BCUT2D eigenvalue weighted by molar-refractivity contribution is 0.0698. The molecule has 0 aromatic carbocycles. The highest BCUT2D eigenvalue weighted by Crippen LogP contribution is 2.16. The molecule has 0 radical (unpaired) electrons. The first-order valence-electron chi connectivity index (χ1n) is 7.31. The monoisotopic (exact) mass is 441 g/mol. The zero-order chi connectivity index (χ0) is 15.3. The number of rotatable bonds is 10. The molecule has 1 atom stereocenters. The molecule has 0 aliphatic rings. The molecule has 0 aliphatic carbocycles. The fourth-order valence-electron chi connectivity index (χ4n) is 1.77. The number of aliphatic imine (C=N–C) groups is 1. The van der Waals surface area contributed by atoms with E-state index in [0.29, 0.717) is 19.1 Å². The number of methoxy groups -OCH3 is 1. The maximum atomic E-state index is 5.41. The van der Waals surface area contributed by atoms with E-state index in [9.17, 15) is 0 Å². The molecule has 0 saturated heterocycles. The van der Waals surface area contributed by atoms with Gasteiger partial charge in [0.15, 0.2) is 5.96 Å². The highest BCUT2D eigenvalue weighted by atomic mass is 127. The van der Waals surface area contributed by atoms with Crippen molar-refractivity contribution in [2.24, 2.45) is 4.99 Å². The standard InChI is InChI=1S/C15H27N3O2S.HI/c1-13(14-5-10-21-12-14)11-18-15(16-2)17-6-4-7-20-9-8-19-3;/h5,10,12-13H,4,6-9,11H2,1-3H3,(H2,16,17,18);1H. The van der Waals surface area contributed by atoms with Gasteiger partial charge >= 0.3 is 0 Å². The second-order valence-electron chi connectivity index (χ2n) is 4.80. The Bertz CT molecular complexity index is 388. The molecule has 0 saturated carbocycles. The van der Waals surface area contributed by atoms with E-state index in [-0.39, 0.29) is 24.0 Å². The van der Waals surface area contributed by atoms with Gasteiger partial charge in [-0.15, -0.1) is 24.0 Å². The zero-order valence-electron chi connectivity index (χ0n) is 13.6. The average Bonchev–Trinajstić information content (AvgIpc) is 3.03. The Labute approximate surface area is 154 Å². The van der Waals surface area contributed by atoms with Gasteiger partial charge in [0.05, 0.1) is 13.2 Å². The molecule has 1 aromatic rings. The molecule has 1 unspecified atom stereocenters. The van der Waals surface area contributed by atoms with E-state index in [1.165, 1.54) is 5.56 Å². The van der Waals surface area contributed by atoms with E-state index >= 15 is 0 Å². The van der Waals surface area contributed by atoms with Crippen LogP contribution in [0.4, 0.5) is 0 Å². The van der Waals surface area contributed by atoms with Crippen molar-refractivity contribution in [3.63, 3.8) is 0 Å². The first kappa shape index (κ1) is 21.6. The maximum absolute atomic E-state index is 5.41. The third kappa shape index (κ3) is 9.60. The molecule has 0 spiro atoms. The summed E-state index contributed by atoms with van der Waals surface area (Å²) in [5.74, 6) is 1.32. The van der Waals surface area contributed by atoms with Crippen LogP contribution in [0.1, 0.15) is 24.8 Å². The van der Waals surface area contributed by atoms with Gasteiger partial charge in [-0.05, 0) is 34.7 Å². The minimum atomic E-state index is 0. The normalized spacial score (nSPS) is 12.6. The molecule has 128 valence electrons. The topological polar surface area (TPSA) is 54.9 Å². The molecule has 2 N–H and O–H groups in total. The highest BCUT2D eigenvalue weighted by Gasteiger charge is 2.06. The second kappa shape index (κ2) is 14.2. The van der Waals surface area contributed by atoms with Gasteiger partial charge in [-0.1, -0.05) is 6.92 Å². The quantitative estimate of drug-likeness (QED) is 0.254. The molecule has 0 bridgehead atoms. The maximum Gasteiger partial charge on any atom is 0.190 e. The summed E-state index contributed by atoms with van der Waals surface area (Å²) in [5, 5.41) is 11.0. The summed E-state index contributed by atoms with van der Waals surface area (Å²) in [5.41, 5.74) is 1.37. The van der Waals surface area contributed by atoms with Gasteiger partial charge in [0, 0.05) is 33.9 Å². The van der Waals surface area contributed by atoms with Crippen molar-refractivity contribution in [1.29, 1.82) is 0 Å². The van der Waals surface area contributed by atoms with Crippen LogP contribution < -0.4 is 10.6 Å². The van der Waals surface area contributed by atoms with Crippen LogP contribution in [0.2, 0.25) is 0 Å². The lowest BCUT2D eigenvalue weighted by Crippen LogP contribution is -2.39. The first-order valence-corrected chi connectivity index (χ1v) is 8.25. The van der Waals surface area contributed by atoms with Crippen LogP contribution in [0.3, 0.4) is 0 Å². The SMILES string of the molecule is CN=C(NCCCOCCOC)NCC(C)c1ccsc1.I. The van der Waals surface area contributed by atoms with Gasteiger partial charge in [0.1, 0.15) is 0 Å². The summed E-state index contributed by atoms with van der Waals surface area (Å²) in [6.45, 7) is 5.98. The van der Waals surface area contributed by atoms with Crippen molar-refractivity contribution >= 4 is 41.3 Å². The number of nitrogens with one attached hydrogen (secondary N) is 2. The van der Waals surface area contributed by atoms with Crippen LogP contribution in [0.25, 0.3) is 0 Å². The molecule has 22 heavy (non-hydrogen) atoms. The van der Waals surface area contributed by atoms with Crippen molar-refractivity contribution in [3.05, 3.63) is 22.4 Å². The van der Waals surface area contributed by atoms with E-state index in [1.54, 1.807) is 25.5 Å². The summed E-state index contributed by atoms with van der Waals surface area (Å²) < 4.78 is 10.3. The van der Waals surface area contributed by atoms with Crippen molar-refractivity contribution in [3.8, 4) is 0 Å². The third-order valence-corrected chi connectivity index (χ3v) is 3.80. The summed E-state index contributed by atoms with van der Waals surface area (Å²) >= 11 is 1.74. The molecular weight excluding hydrogens is 413 g/mol. The van der Waals surface area contributed by atoms with Gasteiger partial charge in [-0.3, -0.25) is 4.99 Å². The molecule has 1 rings (SSSR count). The van der Waals surface area contributed by atoms with Gasteiger partial charge in [0.2, 0.25) is 0 Å². The van der Waals surface area contributed by atoms with Crippen LogP contribution >= 0.6 is 35.3 Å². The Morgan fingerprint density at radius 3 is 2.77 bits per heavy atom. The Morgan fingerprint density at radius 1 is 1.32 bits per heavy atom. The number of hydrogen-bond donors (Lipinski definition) is 2. The van der Waals surface area contributed by atoms with E-state index in [2.05, 4.69) is 39.4 Å². The van der Waals surface area contributed by atoms with Crippen molar-refractivity contribution < 1.29 is 9.47 Å². The Kier molecular flexibility index (Phi) is 14.0. The van der Waals surface area contributed by atoms with Crippen LogP contribution in [-0.4, -0.2) is 53.0 Å². The van der Waals surface area contributed by atoms with Crippen molar-refractivity contribution in [1.82, 2.24) is 10.6 Å². The molecule has 0 aliphatic heterocycles. The largest absolute Gasteiger partial charge is 0.382 e. The number of hydrogen-bond acceptors (Lipinski definition) is 4. The number of thiophene rings is 1. The summed E-state index contributed by atoms with van der Waals surface area (Å²) in [6, 6.07) is 2.17. The molecule has 0 fully saturated rings. The Balaban J connectivity index is 0.00000441. The molecule has 0 amide bonds. The van der Waals surface area contributed by atoms with Crippen molar-refractivity contribution in [2.45, 2.75) is 19.3 Å². The van der Waals surface area contributed by atoms with Gasteiger partial charge < -0.3 is 20.1 Å². The first-order chi connectivity index (χ1) is 10.3. The molecular formula is C15H28IN3O2S. The van der Waals surface area contributed by atoms with E-state index in [4.69, 9.17) is 9.47 Å². The number of ether oxygens (including phenoxy) is 2. The average molecular weight is 441 g/mol. The second-order valence-corrected chi connectivity index (χ2v) is 5.58. The van der Waals surface area contributed by atoms with Crippen LogP contribution in [-0.2, 0) is 9.47 Å².